The fourth-order valence-corrected chi connectivity index (χ4v) is 1.44. The maximum atomic E-state index is 13.6. The molecule has 0 saturated carbocycles. The molecule has 0 unspecified atom stereocenters. The SMILES string of the molecule is O=C(O)c1ncoc1-c1cccc(Cl)c1F. The van der Waals surface area contributed by atoms with Crippen LogP contribution in [0.3, 0.4) is 0 Å². The van der Waals surface area contributed by atoms with Gasteiger partial charge in [0.05, 0.1) is 10.6 Å². The van der Waals surface area contributed by atoms with Crippen LogP contribution in [-0.2, 0) is 0 Å². The number of carboxylic acid groups (broad SMARTS) is 1. The number of hydrogen-bond donors (Lipinski definition) is 1. The van der Waals surface area contributed by atoms with E-state index in [0.29, 0.717) is 0 Å². The van der Waals surface area contributed by atoms with Gasteiger partial charge in [0.1, 0.15) is 0 Å². The van der Waals surface area contributed by atoms with E-state index in [0.717, 1.165) is 6.39 Å². The molecule has 0 spiro atoms. The van der Waals surface area contributed by atoms with Gasteiger partial charge in [0.2, 0.25) is 0 Å². The van der Waals surface area contributed by atoms with Crippen LogP contribution in [0, 0.1) is 5.82 Å². The van der Waals surface area contributed by atoms with E-state index in [4.69, 9.17) is 21.1 Å². The lowest BCUT2D eigenvalue weighted by Gasteiger charge is -2.01. The summed E-state index contributed by atoms with van der Waals surface area (Å²) in [4.78, 5) is 14.3. The maximum Gasteiger partial charge on any atom is 0.358 e. The molecule has 16 heavy (non-hydrogen) atoms. The first-order chi connectivity index (χ1) is 7.61. The second-order valence-corrected chi connectivity index (χ2v) is 3.34. The summed E-state index contributed by atoms with van der Waals surface area (Å²) in [6, 6.07) is 4.22. The van der Waals surface area contributed by atoms with Crippen molar-refractivity contribution >= 4 is 17.6 Å². The predicted octanol–water partition coefficient (Wildman–Crippen LogP) is 2.83. The van der Waals surface area contributed by atoms with Gasteiger partial charge in [0.15, 0.2) is 23.7 Å². The molecule has 0 radical (unpaired) electrons. The number of aromatic nitrogens is 1. The van der Waals surface area contributed by atoms with E-state index in [1.165, 1.54) is 18.2 Å². The van der Waals surface area contributed by atoms with Crippen LogP contribution in [-0.4, -0.2) is 16.1 Å². The van der Waals surface area contributed by atoms with Crippen molar-refractivity contribution in [2.24, 2.45) is 0 Å². The molecule has 1 aromatic heterocycles. The van der Waals surface area contributed by atoms with Crippen molar-refractivity contribution in [2.45, 2.75) is 0 Å². The molecular formula is C10H5ClFNO3. The fourth-order valence-electron chi connectivity index (χ4n) is 1.27. The lowest BCUT2D eigenvalue weighted by molar-refractivity contribution is 0.0691. The second kappa shape index (κ2) is 3.94. The van der Waals surface area contributed by atoms with Gasteiger partial charge in [-0.2, -0.15) is 0 Å². The number of rotatable bonds is 2. The number of benzene rings is 1. The third-order valence-corrected chi connectivity index (χ3v) is 2.26. The van der Waals surface area contributed by atoms with Crippen molar-refractivity contribution in [1.82, 2.24) is 4.98 Å². The Balaban J connectivity index is 2.63. The predicted molar refractivity (Wildman–Crippen MR) is 53.9 cm³/mol. The van der Waals surface area contributed by atoms with Crippen LogP contribution in [0.25, 0.3) is 11.3 Å². The average Bonchev–Trinajstić information content (AvgIpc) is 2.70. The molecule has 0 aliphatic rings. The first kappa shape index (κ1) is 10.6. The highest BCUT2D eigenvalue weighted by Crippen LogP contribution is 2.29. The normalized spacial score (nSPS) is 10.4. The van der Waals surface area contributed by atoms with E-state index in [1.54, 1.807) is 0 Å². The number of nitrogens with zero attached hydrogens (tertiary/aromatic N) is 1. The van der Waals surface area contributed by atoms with Gasteiger partial charge in [-0.3, -0.25) is 0 Å². The van der Waals surface area contributed by atoms with Crippen LogP contribution in [0.1, 0.15) is 10.5 Å². The molecule has 1 aromatic carbocycles. The maximum absolute atomic E-state index is 13.6. The van der Waals surface area contributed by atoms with Crippen molar-refractivity contribution in [3.63, 3.8) is 0 Å². The highest BCUT2D eigenvalue weighted by molar-refractivity contribution is 6.31. The third-order valence-electron chi connectivity index (χ3n) is 1.97. The Morgan fingerprint density at radius 2 is 2.25 bits per heavy atom. The van der Waals surface area contributed by atoms with Gasteiger partial charge < -0.3 is 9.52 Å². The molecule has 2 aromatic rings. The van der Waals surface area contributed by atoms with Gasteiger partial charge in [0, 0.05) is 0 Å². The van der Waals surface area contributed by atoms with E-state index in [1.807, 2.05) is 0 Å². The Labute approximate surface area is 94.3 Å². The zero-order chi connectivity index (χ0) is 11.7. The highest BCUT2D eigenvalue weighted by atomic mass is 35.5. The van der Waals surface area contributed by atoms with Crippen molar-refractivity contribution in [2.75, 3.05) is 0 Å². The minimum atomic E-state index is -1.29. The molecular weight excluding hydrogens is 237 g/mol. The highest BCUT2D eigenvalue weighted by Gasteiger charge is 2.20. The summed E-state index contributed by atoms with van der Waals surface area (Å²) in [5, 5.41) is 8.69. The Morgan fingerprint density at radius 3 is 2.94 bits per heavy atom. The van der Waals surface area contributed by atoms with Gasteiger partial charge in [0.25, 0.3) is 0 Å². The molecule has 0 atom stereocenters. The summed E-state index contributed by atoms with van der Waals surface area (Å²) in [5.41, 5.74) is -0.372. The molecule has 2 rings (SSSR count). The van der Waals surface area contributed by atoms with Crippen LogP contribution in [0.5, 0.6) is 0 Å². The number of halogens is 2. The van der Waals surface area contributed by atoms with Crippen LogP contribution >= 0.6 is 11.6 Å². The molecule has 1 heterocycles. The summed E-state index contributed by atoms with van der Waals surface area (Å²) in [5.74, 6) is -2.17. The second-order valence-electron chi connectivity index (χ2n) is 2.94. The van der Waals surface area contributed by atoms with Gasteiger partial charge in [-0.05, 0) is 12.1 Å². The topological polar surface area (TPSA) is 63.3 Å². The molecule has 0 saturated heterocycles. The van der Waals surface area contributed by atoms with Gasteiger partial charge in [-0.25, -0.2) is 14.2 Å². The molecule has 4 nitrogen and oxygen atoms in total. The molecule has 0 aliphatic heterocycles. The molecule has 0 aliphatic carbocycles. The fraction of sp³-hybridized carbons (Fsp3) is 0. The Morgan fingerprint density at radius 1 is 1.50 bits per heavy atom. The molecule has 0 amide bonds. The zero-order valence-corrected chi connectivity index (χ0v) is 8.53. The standard InChI is InChI=1S/C10H5ClFNO3/c11-6-3-1-2-5(7(6)12)9-8(10(14)15)13-4-16-9/h1-4H,(H,14,15). The first-order valence-electron chi connectivity index (χ1n) is 4.22. The Kier molecular flexibility index (Phi) is 2.62. The molecule has 6 heteroatoms. The average molecular weight is 242 g/mol. The van der Waals surface area contributed by atoms with E-state index >= 15 is 0 Å². The van der Waals surface area contributed by atoms with Crippen LogP contribution < -0.4 is 0 Å². The summed E-state index contributed by atoms with van der Waals surface area (Å²) >= 11 is 5.58. The molecule has 0 fully saturated rings. The van der Waals surface area contributed by atoms with Gasteiger partial charge in [-0.1, -0.05) is 17.7 Å². The number of carbonyl (C=O) groups is 1. The largest absolute Gasteiger partial charge is 0.476 e. The number of carboxylic acids is 1. The van der Waals surface area contributed by atoms with Crippen LogP contribution in [0.15, 0.2) is 29.0 Å². The summed E-state index contributed by atoms with van der Waals surface area (Å²) in [6.07, 6.45) is 0.944. The minimum absolute atomic E-state index is 0.0256. The quantitative estimate of drug-likeness (QED) is 0.878. The minimum Gasteiger partial charge on any atom is -0.476 e. The Hall–Kier alpha value is -1.88. The van der Waals surface area contributed by atoms with E-state index in [9.17, 15) is 9.18 Å². The zero-order valence-electron chi connectivity index (χ0n) is 7.78. The van der Waals surface area contributed by atoms with Crippen molar-refractivity contribution in [3.05, 3.63) is 41.1 Å². The lowest BCUT2D eigenvalue weighted by atomic mass is 10.1. The van der Waals surface area contributed by atoms with Gasteiger partial charge in [-0.15, -0.1) is 0 Å². The lowest BCUT2D eigenvalue weighted by Crippen LogP contribution is -1.99. The van der Waals surface area contributed by atoms with Crippen LogP contribution in [0.4, 0.5) is 4.39 Å². The molecule has 1 N–H and O–H groups in total. The summed E-state index contributed by atoms with van der Waals surface area (Å²) < 4.78 is 18.5. The summed E-state index contributed by atoms with van der Waals surface area (Å²) in [7, 11) is 0. The van der Waals surface area contributed by atoms with Crippen LogP contribution in [0.2, 0.25) is 5.02 Å². The Bertz CT molecular complexity index is 553. The first-order valence-corrected chi connectivity index (χ1v) is 4.60. The number of oxazole rings is 1. The van der Waals surface area contributed by atoms with Crippen molar-refractivity contribution in [1.29, 1.82) is 0 Å². The van der Waals surface area contributed by atoms with E-state index in [2.05, 4.69) is 4.98 Å². The number of aromatic carboxylic acids is 1. The van der Waals surface area contributed by atoms with Gasteiger partial charge >= 0.3 is 5.97 Å². The third kappa shape index (κ3) is 1.65. The summed E-state index contributed by atoms with van der Waals surface area (Å²) in [6.45, 7) is 0. The number of hydrogen-bond acceptors (Lipinski definition) is 3. The van der Waals surface area contributed by atoms with E-state index < -0.39 is 11.8 Å². The molecule has 0 bridgehead atoms. The van der Waals surface area contributed by atoms with Crippen molar-refractivity contribution in [3.8, 4) is 11.3 Å². The van der Waals surface area contributed by atoms with Crippen molar-refractivity contribution < 1.29 is 18.7 Å². The monoisotopic (exact) mass is 241 g/mol. The molecule has 82 valence electrons. The smallest absolute Gasteiger partial charge is 0.358 e. The van der Waals surface area contributed by atoms with E-state index in [-0.39, 0.29) is 22.0 Å².